The van der Waals surface area contributed by atoms with Gasteiger partial charge in [-0.15, -0.1) is 5.10 Å². The topological polar surface area (TPSA) is 55.6 Å². The molecule has 0 radical (unpaired) electrons. The molecule has 2 heterocycles. The molecule has 5 heteroatoms. The number of fused-ring (bicyclic) bond motifs is 1. The smallest absolute Gasteiger partial charge is 0.175 e. The molecule has 0 fully saturated rings. The second kappa shape index (κ2) is 5.52. The molecule has 0 aliphatic rings. The molecule has 0 bridgehead atoms. The van der Waals surface area contributed by atoms with Crippen molar-refractivity contribution in [2.75, 3.05) is 5.32 Å². The third-order valence-electron chi connectivity index (χ3n) is 3.53. The largest absolute Gasteiger partial charge is 0.363 e. The van der Waals surface area contributed by atoms with E-state index in [4.69, 9.17) is 0 Å². The van der Waals surface area contributed by atoms with Crippen LogP contribution in [0.1, 0.15) is 31.0 Å². The van der Waals surface area contributed by atoms with E-state index in [0.717, 1.165) is 29.0 Å². The normalized spacial score (nSPS) is 11.2. The van der Waals surface area contributed by atoms with Crippen molar-refractivity contribution in [2.24, 2.45) is 7.05 Å². The predicted octanol–water partition coefficient (Wildman–Crippen LogP) is 3.10. The molecule has 0 atom stereocenters. The highest BCUT2D eigenvalue weighted by Gasteiger charge is 2.15. The highest BCUT2D eigenvalue weighted by molar-refractivity contribution is 5.90. The van der Waals surface area contributed by atoms with Gasteiger partial charge >= 0.3 is 0 Å². The summed E-state index contributed by atoms with van der Waals surface area (Å²) in [4.78, 5) is 0. The zero-order valence-electron chi connectivity index (χ0n) is 12.5. The number of anilines is 1. The van der Waals surface area contributed by atoms with E-state index in [1.54, 1.807) is 6.20 Å². The van der Waals surface area contributed by atoms with Crippen LogP contribution in [0.25, 0.3) is 10.9 Å². The number of hydrogen-bond acceptors (Lipinski definition) is 4. The van der Waals surface area contributed by atoms with Crippen LogP contribution in [-0.2, 0) is 13.6 Å². The summed E-state index contributed by atoms with van der Waals surface area (Å²) in [5.74, 6) is 1.14. The number of aromatic nitrogens is 4. The average molecular weight is 281 g/mol. The van der Waals surface area contributed by atoms with Crippen LogP contribution in [0, 0.1) is 0 Å². The molecular weight excluding hydrogens is 262 g/mol. The van der Waals surface area contributed by atoms with E-state index in [9.17, 15) is 0 Å². The minimum absolute atomic E-state index is 0.361. The lowest BCUT2D eigenvalue weighted by Gasteiger charge is -2.07. The van der Waals surface area contributed by atoms with Crippen LogP contribution in [0.3, 0.4) is 0 Å². The van der Waals surface area contributed by atoms with Crippen molar-refractivity contribution in [1.29, 1.82) is 0 Å². The van der Waals surface area contributed by atoms with E-state index in [1.165, 1.54) is 5.56 Å². The van der Waals surface area contributed by atoms with Gasteiger partial charge in [-0.05, 0) is 11.5 Å². The Hall–Kier alpha value is -2.43. The zero-order valence-corrected chi connectivity index (χ0v) is 12.5. The molecule has 0 aliphatic carbocycles. The van der Waals surface area contributed by atoms with Gasteiger partial charge in [0.2, 0.25) is 0 Å². The summed E-state index contributed by atoms with van der Waals surface area (Å²) in [6.45, 7) is 5.00. The fourth-order valence-corrected chi connectivity index (χ4v) is 2.49. The fourth-order valence-electron chi connectivity index (χ4n) is 2.49. The number of rotatable bonds is 4. The third kappa shape index (κ3) is 2.59. The molecule has 0 aliphatic heterocycles. The van der Waals surface area contributed by atoms with Gasteiger partial charge < -0.3 is 5.32 Å². The number of benzene rings is 1. The minimum Gasteiger partial charge on any atom is -0.363 e. The second-order valence-corrected chi connectivity index (χ2v) is 5.46. The van der Waals surface area contributed by atoms with Crippen molar-refractivity contribution in [3.8, 4) is 0 Å². The second-order valence-electron chi connectivity index (χ2n) is 5.46. The molecule has 2 aromatic heterocycles. The van der Waals surface area contributed by atoms with Gasteiger partial charge in [-0.3, -0.25) is 4.68 Å². The molecule has 0 spiro atoms. The number of nitrogens with one attached hydrogen (secondary N) is 1. The highest BCUT2D eigenvalue weighted by Crippen LogP contribution is 2.27. The van der Waals surface area contributed by atoms with Crippen LogP contribution in [0.15, 0.2) is 36.5 Å². The summed E-state index contributed by atoms with van der Waals surface area (Å²) >= 11 is 0. The average Bonchev–Trinajstić information content (AvgIpc) is 2.84. The van der Waals surface area contributed by atoms with Gasteiger partial charge in [0.1, 0.15) is 5.52 Å². The Morgan fingerprint density at radius 2 is 1.95 bits per heavy atom. The first-order valence-corrected chi connectivity index (χ1v) is 7.13. The third-order valence-corrected chi connectivity index (χ3v) is 3.53. The molecule has 0 amide bonds. The number of nitrogens with zero attached hydrogens (tertiary/aromatic N) is 4. The fraction of sp³-hybridized carbons (Fsp3) is 0.312. The van der Waals surface area contributed by atoms with E-state index in [1.807, 2.05) is 29.9 Å². The van der Waals surface area contributed by atoms with Gasteiger partial charge in [0.15, 0.2) is 5.82 Å². The Labute approximate surface area is 124 Å². The Bertz CT molecular complexity index is 746. The minimum atomic E-state index is 0.361. The summed E-state index contributed by atoms with van der Waals surface area (Å²) in [5, 5.41) is 17.4. The molecule has 1 aromatic carbocycles. The van der Waals surface area contributed by atoms with Crippen molar-refractivity contribution < 1.29 is 0 Å². The Kier molecular flexibility index (Phi) is 3.56. The maximum atomic E-state index is 4.60. The number of aryl methyl sites for hydroxylation is 1. The van der Waals surface area contributed by atoms with Gasteiger partial charge in [0, 0.05) is 19.0 Å². The van der Waals surface area contributed by atoms with Gasteiger partial charge in [0.05, 0.1) is 11.9 Å². The van der Waals surface area contributed by atoms with Gasteiger partial charge in [0.25, 0.3) is 0 Å². The quantitative estimate of drug-likeness (QED) is 0.798. The van der Waals surface area contributed by atoms with Crippen LogP contribution in [0.2, 0.25) is 0 Å². The summed E-state index contributed by atoms with van der Waals surface area (Å²) in [7, 11) is 1.95. The SMILES string of the molecule is CC(C)c1nn(C)c2c(NCc3ccccc3)nncc12. The maximum absolute atomic E-state index is 4.60. The lowest BCUT2D eigenvalue weighted by molar-refractivity contribution is 0.728. The van der Waals surface area contributed by atoms with Crippen LogP contribution in [0.4, 0.5) is 5.82 Å². The van der Waals surface area contributed by atoms with Crippen molar-refractivity contribution >= 4 is 16.7 Å². The van der Waals surface area contributed by atoms with Crippen molar-refractivity contribution in [3.63, 3.8) is 0 Å². The van der Waals surface area contributed by atoms with Crippen LogP contribution in [0.5, 0.6) is 0 Å². The van der Waals surface area contributed by atoms with Gasteiger partial charge in [-0.1, -0.05) is 44.2 Å². The first-order chi connectivity index (χ1) is 10.2. The maximum Gasteiger partial charge on any atom is 0.175 e. The lowest BCUT2D eigenvalue weighted by atomic mass is 10.1. The van der Waals surface area contributed by atoms with Crippen molar-refractivity contribution in [3.05, 3.63) is 47.8 Å². The molecule has 0 unspecified atom stereocenters. The van der Waals surface area contributed by atoms with Crippen LogP contribution >= 0.6 is 0 Å². The van der Waals surface area contributed by atoms with Crippen LogP contribution in [-0.4, -0.2) is 20.0 Å². The zero-order chi connectivity index (χ0) is 14.8. The summed E-state index contributed by atoms with van der Waals surface area (Å²) in [6.07, 6.45) is 1.80. The monoisotopic (exact) mass is 281 g/mol. The van der Waals surface area contributed by atoms with Gasteiger partial charge in [-0.25, -0.2) is 0 Å². The molecule has 3 rings (SSSR count). The first kappa shape index (κ1) is 13.5. The van der Waals surface area contributed by atoms with E-state index in [2.05, 4.69) is 46.6 Å². The number of hydrogen-bond donors (Lipinski definition) is 1. The molecule has 0 saturated carbocycles. The van der Waals surface area contributed by atoms with E-state index < -0.39 is 0 Å². The van der Waals surface area contributed by atoms with E-state index in [0.29, 0.717) is 5.92 Å². The molecule has 108 valence electrons. The van der Waals surface area contributed by atoms with Gasteiger partial charge in [-0.2, -0.15) is 10.2 Å². The van der Waals surface area contributed by atoms with Crippen molar-refractivity contribution in [1.82, 2.24) is 20.0 Å². The van der Waals surface area contributed by atoms with E-state index in [-0.39, 0.29) is 0 Å². The standard InChI is InChI=1S/C16H19N5/c1-11(2)14-13-10-18-19-16(15(13)21(3)20-14)17-9-12-7-5-4-6-8-12/h4-8,10-11H,9H2,1-3H3,(H,17,19). The Morgan fingerprint density at radius 1 is 1.19 bits per heavy atom. The van der Waals surface area contributed by atoms with Crippen molar-refractivity contribution in [2.45, 2.75) is 26.3 Å². The summed E-state index contributed by atoms with van der Waals surface area (Å²) < 4.78 is 1.88. The molecular formula is C16H19N5. The molecule has 5 nitrogen and oxygen atoms in total. The van der Waals surface area contributed by atoms with E-state index >= 15 is 0 Å². The lowest BCUT2D eigenvalue weighted by Crippen LogP contribution is -2.04. The summed E-state index contributed by atoms with van der Waals surface area (Å²) in [5.41, 5.74) is 3.28. The Balaban J connectivity index is 1.96. The predicted molar refractivity (Wildman–Crippen MR) is 84.2 cm³/mol. The van der Waals surface area contributed by atoms with Crippen LogP contribution < -0.4 is 5.32 Å². The highest BCUT2D eigenvalue weighted by atomic mass is 15.3. The molecule has 21 heavy (non-hydrogen) atoms. The molecule has 0 saturated heterocycles. The molecule has 1 N–H and O–H groups in total. The summed E-state index contributed by atoms with van der Waals surface area (Å²) in [6, 6.07) is 10.3. The Morgan fingerprint density at radius 3 is 2.67 bits per heavy atom. The first-order valence-electron chi connectivity index (χ1n) is 7.13. The molecule has 3 aromatic rings.